The van der Waals surface area contributed by atoms with Crippen molar-refractivity contribution in [2.24, 2.45) is 0 Å². The number of carbonyl (C=O) groups excluding carboxylic acids is 2. The Balaban J connectivity index is 1.60. The molecule has 0 spiro atoms. The van der Waals surface area contributed by atoms with Crippen LogP contribution in [0.25, 0.3) is 0 Å². The molecule has 5 heteroatoms. The smallest absolute Gasteiger partial charge is 0.253 e. The van der Waals surface area contributed by atoms with E-state index in [1.165, 1.54) is 19.3 Å². The largest absolute Gasteiger partial charge is 0.376 e. The van der Waals surface area contributed by atoms with E-state index in [4.69, 9.17) is 0 Å². The lowest BCUT2D eigenvalue weighted by Crippen LogP contribution is -2.44. The first-order chi connectivity index (χ1) is 12.2. The SMILES string of the molecule is CCN(C(=O)CNc1ccccc1C(=O)NC1CC1)C1CCCCC1. The maximum absolute atomic E-state index is 12.7. The highest BCUT2D eigenvalue weighted by Crippen LogP contribution is 2.23. The second-order valence-electron chi connectivity index (χ2n) is 7.12. The second-order valence-corrected chi connectivity index (χ2v) is 7.12. The number of hydrogen-bond acceptors (Lipinski definition) is 3. The quantitative estimate of drug-likeness (QED) is 0.799. The summed E-state index contributed by atoms with van der Waals surface area (Å²) in [5, 5.41) is 6.20. The fourth-order valence-electron chi connectivity index (χ4n) is 3.63. The fourth-order valence-corrected chi connectivity index (χ4v) is 3.63. The van der Waals surface area contributed by atoms with Crippen LogP contribution in [0.1, 0.15) is 62.2 Å². The Morgan fingerprint density at radius 1 is 1.08 bits per heavy atom. The minimum Gasteiger partial charge on any atom is -0.376 e. The van der Waals surface area contributed by atoms with Crippen LogP contribution in [-0.4, -0.2) is 41.9 Å². The van der Waals surface area contributed by atoms with E-state index >= 15 is 0 Å². The van der Waals surface area contributed by atoms with E-state index in [1.54, 1.807) is 0 Å². The standard InChI is InChI=1S/C20H29N3O2/c1-2-23(16-8-4-3-5-9-16)19(24)14-21-18-11-7-6-10-17(18)20(25)22-15-12-13-15/h6-7,10-11,15-16,21H,2-5,8-9,12-14H2,1H3,(H,22,25). The van der Waals surface area contributed by atoms with Crippen molar-refractivity contribution >= 4 is 17.5 Å². The number of nitrogens with one attached hydrogen (secondary N) is 2. The van der Waals surface area contributed by atoms with Gasteiger partial charge in [0.15, 0.2) is 0 Å². The van der Waals surface area contributed by atoms with Crippen LogP contribution in [0.15, 0.2) is 24.3 Å². The molecule has 1 aromatic rings. The molecule has 0 aromatic heterocycles. The van der Waals surface area contributed by atoms with Gasteiger partial charge in [-0.1, -0.05) is 31.4 Å². The van der Waals surface area contributed by atoms with Crippen LogP contribution in [-0.2, 0) is 4.79 Å². The molecule has 0 bridgehead atoms. The first-order valence-electron chi connectivity index (χ1n) is 9.62. The van der Waals surface area contributed by atoms with E-state index in [-0.39, 0.29) is 18.4 Å². The molecule has 0 aliphatic heterocycles. The molecule has 5 nitrogen and oxygen atoms in total. The molecule has 2 aliphatic rings. The lowest BCUT2D eigenvalue weighted by atomic mass is 9.94. The molecule has 0 heterocycles. The Labute approximate surface area is 150 Å². The van der Waals surface area contributed by atoms with Gasteiger partial charge in [-0.25, -0.2) is 0 Å². The van der Waals surface area contributed by atoms with Gasteiger partial charge in [0.25, 0.3) is 5.91 Å². The summed E-state index contributed by atoms with van der Waals surface area (Å²) in [6.07, 6.45) is 8.06. The molecule has 1 aromatic carbocycles. The second kappa shape index (κ2) is 8.37. The van der Waals surface area contributed by atoms with E-state index in [0.29, 0.717) is 17.6 Å². The Morgan fingerprint density at radius 2 is 1.80 bits per heavy atom. The number of amides is 2. The first-order valence-corrected chi connectivity index (χ1v) is 9.62. The van der Waals surface area contributed by atoms with Crippen molar-refractivity contribution in [2.45, 2.75) is 64.0 Å². The predicted molar refractivity (Wildman–Crippen MR) is 99.7 cm³/mol. The molecule has 2 saturated carbocycles. The number of nitrogens with zero attached hydrogens (tertiary/aromatic N) is 1. The molecule has 25 heavy (non-hydrogen) atoms. The molecule has 2 fully saturated rings. The van der Waals surface area contributed by atoms with E-state index in [1.807, 2.05) is 36.1 Å². The third kappa shape index (κ3) is 4.74. The summed E-state index contributed by atoms with van der Waals surface area (Å²) in [4.78, 5) is 27.0. The highest BCUT2D eigenvalue weighted by atomic mass is 16.2. The van der Waals surface area contributed by atoms with Crippen LogP contribution >= 0.6 is 0 Å². The monoisotopic (exact) mass is 343 g/mol. The number of carbonyl (C=O) groups is 2. The summed E-state index contributed by atoms with van der Waals surface area (Å²) < 4.78 is 0. The Kier molecular flexibility index (Phi) is 5.95. The van der Waals surface area contributed by atoms with Gasteiger partial charge < -0.3 is 15.5 Å². The zero-order valence-corrected chi connectivity index (χ0v) is 15.1. The normalized spacial score (nSPS) is 17.8. The van der Waals surface area contributed by atoms with Crippen molar-refractivity contribution in [1.82, 2.24) is 10.2 Å². The molecular weight excluding hydrogens is 314 g/mol. The number of benzene rings is 1. The first kappa shape index (κ1) is 17.8. The van der Waals surface area contributed by atoms with Crippen molar-refractivity contribution in [3.8, 4) is 0 Å². The minimum atomic E-state index is -0.0577. The van der Waals surface area contributed by atoms with Crippen molar-refractivity contribution < 1.29 is 9.59 Å². The lowest BCUT2D eigenvalue weighted by Gasteiger charge is -2.33. The lowest BCUT2D eigenvalue weighted by molar-refractivity contribution is -0.132. The van der Waals surface area contributed by atoms with Gasteiger partial charge in [-0.05, 0) is 44.7 Å². The fraction of sp³-hybridized carbons (Fsp3) is 0.600. The summed E-state index contributed by atoms with van der Waals surface area (Å²) >= 11 is 0. The highest BCUT2D eigenvalue weighted by molar-refractivity contribution is 6.00. The van der Waals surface area contributed by atoms with Crippen molar-refractivity contribution in [3.63, 3.8) is 0 Å². The molecule has 3 rings (SSSR count). The Hall–Kier alpha value is -2.04. The maximum Gasteiger partial charge on any atom is 0.253 e. The summed E-state index contributed by atoms with van der Waals surface area (Å²) in [5.74, 6) is 0.0597. The van der Waals surface area contributed by atoms with Crippen LogP contribution in [0, 0.1) is 0 Å². The topological polar surface area (TPSA) is 61.4 Å². The van der Waals surface area contributed by atoms with Crippen LogP contribution in [0.5, 0.6) is 0 Å². The van der Waals surface area contributed by atoms with Crippen LogP contribution in [0.3, 0.4) is 0 Å². The maximum atomic E-state index is 12.7. The highest BCUT2D eigenvalue weighted by Gasteiger charge is 2.26. The van der Waals surface area contributed by atoms with Crippen molar-refractivity contribution in [2.75, 3.05) is 18.4 Å². The number of hydrogen-bond donors (Lipinski definition) is 2. The molecule has 0 atom stereocenters. The van der Waals surface area contributed by atoms with Gasteiger partial charge in [-0.15, -0.1) is 0 Å². The Bertz CT molecular complexity index is 607. The summed E-state index contributed by atoms with van der Waals surface area (Å²) in [5.41, 5.74) is 1.34. The zero-order chi connectivity index (χ0) is 17.6. The van der Waals surface area contributed by atoms with Crippen LogP contribution in [0.2, 0.25) is 0 Å². The van der Waals surface area contributed by atoms with Crippen LogP contribution in [0.4, 0.5) is 5.69 Å². The molecule has 2 N–H and O–H groups in total. The van der Waals surface area contributed by atoms with Crippen molar-refractivity contribution in [3.05, 3.63) is 29.8 Å². The van der Waals surface area contributed by atoms with Gasteiger partial charge in [-0.2, -0.15) is 0 Å². The summed E-state index contributed by atoms with van der Waals surface area (Å²) in [6, 6.07) is 8.12. The molecule has 0 unspecified atom stereocenters. The van der Waals surface area contributed by atoms with Gasteiger partial charge in [0.1, 0.15) is 0 Å². The average Bonchev–Trinajstić information content (AvgIpc) is 3.45. The molecule has 2 amide bonds. The number of anilines is 1. The average molecular weight is 343 g/mol. The molecule has 2 aliphatic carbocycles. The number of para-hydroxylation sites is 1. The van der Waals surface area contributed by atoms with Gasteiger partial charge in [-0.3, -0.25) is 9.59 Å². The molecular formula is C20H29N3O2. The van der Waals surface area contributed by atoms with E-state index in [9.17, 15) is 9.59 Å². The predicted octanol–water partition coefficient (Wildman–Crippen LogP) is 3.17. The zero-order valence-electron chi connectivity index (χ0n) is 15.1. The van der Waals surface area contributed by atoms with E-state index < -0.39 is 0 Å². The summed E-state index contributed by atoms with van der Waals surface area (Å²) in [7, 11) is 0. The third-order valence-corrected chi connectivity index (χ3v) is 5.19. The minimum absolute atomic E-state index is 0.0577. The van der Waals surface area contributed by atoms with Gasteiger partial charge in [0, 0.05) is 24.3 Å². The Morgan fingerprint density at radius 3 is 2.48 bits per heavy atom. The van der Waals surface area contributed by atoms with Gasteiger partial charge in [0.2, 0.25) is 5.91 Å². The van der Waals surface area contributed by atoms with Crippen molar-refractivity contribution in [1.29, 1.82) is 0 Å². The third-order valence-electron chi connectivity index (χ3n) is 5.19. The van der Waals surface area contributed by atoms with E-state index in [2.05, 4.69) is 10.6 Å². The molecule has 0 saturated heterocycles. The number of rotatable bonds is 7. The summed E-state index contributed by atoms with van der Waals surface area (Å²) in [6.45, 7) is 3.02. The van der Waals surface area contributed by atoms with Gasteiger partial charge >= 0.3 is 0 Å². The van der Waals surface area contributed by atoms with E-state index in [0.717, 1.165) is 37.9 Å². The van der Waals surface area contributed by atoms with Gasteiger partial charge in [0.05, 0.1) is 12.1 Å². The molecule has 136 valence electrons. The number of likely N-dealkylation sites (N-methyl/N-ethyl adjacent to an activating group) is 1. The molecule has 0 radical (unpaired) electrons. The van der Waals surface area contributed by atoms with Crippen LogP contribution < -0.4 is 10.6 Å².